The second kappa shape index (κ2) is 9.97. The van der Waals surface area contributed by atoms with Gasteiger partial charge in [-0.2, -0.15) is 0 Å². The summed E-state index contributed by atoms with van der Waals surface area (Å²) >= 11 is 0. The Labute approximate surface area is 199 Å². The van der Waals surface area contributed by atoms with Crippen LogP contribution < -0.4 is 15.4 Å². The third-order valence-electron chi connectivity index (χ3n) is 6.28. The number of piperidine rings is 1. The summed E-state index contributed by atoms with van der Waals surface area (Å²) in [4.78, 5) is 19.7. The molecule has 34 heavy (non-hydrogen) atoms. The van der Waals surface area contributed by atoms with Crippen molar-refractivity contribution in [2.45, 2.75) is 25.4 Å². The molecule has 0 saturated carbocycles. The Morgan fingerprint density at radius 2 is 1.68 bits per heavy atom. The predicted molar refractivity (Wildman–Crippen MR) is 135 cm³/mol. The van der Waals surface area contributed by atoms with Gasteiger partial charge < -0.3 is 15.4 Å². The molecule has 1 aromatic heterocycles. The Bertz CT molecular complexity index is 1250. The van der Waals surface area contributed by atoms with Crippen LogP contribution in [0.5, 0.6) is 5.75 Å². The number of nitrogens with one attached hydrogen (secondary N) is 2. The summed E-state index contributed by atoms with van der Waals surface area (Å²) in [6, 6.07) is 25.9. The van der Waals surface area contributed by atoms with E-state index >= 15 is 0 Å². The number of likely N-dealkylation sites (tertiary alicyclic amines) is 1. The molecule has 3 aromatic carbocycles. The first-order valence-corrected chi connectivity index (χ1v) is 11.7. The SMILES string of the molecule is COc1ccc(-n2c(CN3CCC(NC(=O)Nc4ccccc4)CC3)nc3ccccc32)cc1. The van der Waals surface area contributed by atoms with Gasteiger partial charge in [0, 0.05) is 30.5 Å². The molecule has 5 rings (SSSR count). The lowest BCUT2D eigenvalue weighted by Gasteiger charge is -2.32. The number of hydrogen-bond donors (Lipinski definition) is 2. The largest absolute Gasteiger partial charge is 0.497 e. The maximum atomic E-state index is 12.3. The van der Waals surface area contributed by atoms with E-state index in [1.54, 1.807) is 7.11 Å². The average Bonchev–Trinajstić information content (AvgIpc) is 3.23. The summed E-state index contributed by atoms with van der Waals surface area (Å²) in [5, 5.41) is 6.01. The zero-order valence-electron chi connectivity index (χ0n) is 19.3. The van der Waals surface area contributed by atoms with E-state index in [-0.39, 0.29) is 12.1 Å². The van der Waals surface area contributed by atoms with Crippen LogP contribution in [-0.2, 0) is 6.54 Å². The van der Waals surface area contributed by atoms with Crippen molar-refractivity contribution in [2.24, 2.45) is 0 Å². The maximum absolute atomic E-state index is 12.3. The van der Waals surface area contributed by atoms with Gasteiger partial charge in [0.15, 0.2) is 0 Å². The number of nitrogens with zero attached hydrogens (tertiary/aromatic N) is 3. The van der Waals surface area contributed by atoms with Crippen molar-refractivity contribution in [3.8, 4) is 11.4 Å². The number of anilines is 1. The third kappa shape index (κ3) is 4.89. The minimum atomic E-state index is -0.147. The highest BCUT2D eigenvalue weighted by molar-refractivity contribution is 5.89. The number of urea groups is 1. The zero-order chi connectivity index (χ0) is 23.3. The summed E-state index contributed by atoms with van der Waals surface area (Å²) in [6.45, 7) is 2.56. The van der Waals surface area contributed by atoms with Crippen molar-refractivity contribution in [1.29, 1.82) is 0 Å². The molecular formula is C27H29N5O2. The quantitative estimate of drug-likeness (QED) is 0.437. The number of hydrogen-bond acceptors (Lipinski definition) is 4. The van der Waals surface area contributed by atoms with Gasteiger partial charge in [0.05, 0.1) is 24.7 Å². The van der Waals surface area contributed by atoms with Crippen LogP contribution in [0.1, 0.15) is 18.7 Å². The van der Waals surface area contributed by atoms with Crippen LogP contribution in [0.3, 0.4) is 0 Å². The second-order valence-corrected chi connectivity index (χ2v) is 8.57. The normalized spacial score (nSPS) is 14.7. The molecule has 1 aliphatic heterocycles. The molecule has 1 aliphatic rings. The fourth-order valence-electron chi connectivity index (χ4n) is 4.51. The number of fused-ring (bicyclic) bond motifs is 1. The number of aromatic nitrogens is 2. The number of benzene rings is 3. The van der Waals surface area contributed by atoms with Gasteiger partial charge in [0.2, 0.25) is 0 Å². The van der Waals surface area contributed by atoms with Gasteiger partial charge in [-0.1, -0.05) is 30.3 Å². The second-order valence-electron chi connectivity index (χ2n) is 8.57. The van der Waals surface area contributed by atoms with Crippen molar-refractivity contribution >= 4 is 22.8 Å². The highest BCUT2D eigenvalue weighted by atomic mass is 16.5. The molecule has 0 aliphatic carbocycles. The van der Waals surface area contributed by atoms with Gasteiger partial charge in [-0.05, 0) is 61.4 Å². The molecule has 7 nitrogen and oxygen atoms in total. The van der Waals surface area contributed by atoms with E-state index in [0.29, 0.717) is 0 Å². The lowest BCUT2D eigenvalue weighted by Crippen LogP contribution is -2.45. The molecule has 2 amide bonds. The zero-order valence-corrected chi connectivity index (χ0v) is 19.3. The molecule has 2 heterocycles. The minimum Gasteiger partial charge on any atom is -0.497 e. The van der Waals surface area contributed by atoms with E-state index < -0.39 is 0 Å². The molecule has 0 unspecified atom stereocenters. The van der Waals surface area contributed by atoms with Gasteiger partial charge in [0.25, 0.3) is 0 Å². The molecule has 0 bridgehead atoms. The van der Waals surface area contributed by atoms with Crippen molar-refractivity contribution < 1.29 is 9.53 Å². The van der Waals surface area contributed by atoms with Gasteiger partial charge in [-0.25, -0.2) is 9.78 Å². The number of carbonyl (C=O) groups is 1. The summed E-state index contributed by atoms with van der Waals surface area (Å²) in [7, 11) is 1.68. The van der Waals surface area contributed by atoms with Crippen LogP contribution in [0.25, 0.3) is 16.7 Å². The van der Waals surface area contributed by atoms with E-state index in [9.17, 15) is 4.79 Å². The first-order chi connectivity index (χ1) is 16.7. The van der Waals surface area contributed by atoms with Gasteiger partial charge in [-0.3, -0.25) is 9.47 Å². The van der Waals surface area contributed by atoms with Gasteiger partial charge in [0.1, 0.15) is 11.6 Å². The highest BCUT2D eigenvalue weighted by Crippen LogP contribution is 2.25. The van der Waals surface area contributed by atoms with Gasteiger partial charge >= 0.3 is 6.03 Å². The summed E-state index contributed by atoms with van der Waals surface area (Å²) in [5.74, 6) is 1.85. The minimum absolute atomic E-state index is 0.147. The van der Waals surface area contributed by atoms with E-state index in [1.807, 2.05) is 54.6 Å². The third-order valence-corrected chi connectivity index (χ3v) is 6.28. The summed E-state index contributed by atoms with van der Waals surface area (Å²) in [6.07, 6.45) is 1.82. The summed E-state index contributed by atoms with van der Waals surface area (Å²) < 4.78 is 7.56. The smallest absolute Gasteiger partial charge is 0.319 e. The molecule has 1 saturated heterocycles. The molecule has 4 aromatic rings. The number of methoxy groups -OCH3 is 1. The molecule has 7 heteroatoms. The lowest BCUT2D eigenvalue weighted by atomic mass is 10.1. The monoisotopic (exact) mass is 455 g/mol. The van der Waals surface area contributed by atoms with Crippen LogP contribution >= 0.6 is 0 Å². The Morgan fingerprint density at radius 1 is 0.971 bits per heavy atom. The molecular weight excluding hydrogens is 426 g/mol. The molecule has 1 fully saturated rings. The number of ether oxygens (including phenoxy) is 1. The van der Waals surface area contributed by atoms with Crippen molar-refractivity contribution in [3.63, 3.8) is 0 Å². The number of rotatable bonds is 6. The van der Waals surface area contributed by atoms with E-state index in [1.165, 1.54) is 0 Å². The maximum Gasteiger partial charge on any atom is 0.319 e. The van der Waals surface area contributed by atoms with E-state index in [4.69, 9.17) is 9.72 Å². The number of para-hydroxylation sites is 3. The fourth-order valence-corrected chi connectivity index (χ4v) is 4.51. The molecule has 0 radical (unpaired) electrons. The first kappa shape index (κ1) is 22.0. The Balaban J connectivity index is 1.25. The summed E-state index contributed by atoms with van der Waals surface area (Å²) in [5.41, 5.74) is 3.95. The van der Waals surface area contributed by atoms with Crippen LogP contribution in [0.4, 0.5) is 10.5 Å². The van der Waals surface area contributed by atoms with Crippen LogP contribution in [0, 0.1) is 0 Å². The fraction of sp³-hybridized carbons (Fsp3) is 0.259. The Kier molecular flexibility index (Phi) is 6.44. The molecule has 174 valence electrons. The molecule has 0 spiro atoms. The van der Waals surface area contributed by atoms with Crippen LogP contribution in [0.15, 0.2) is 78.9 Å². The van der Waals surface area contributed by atoms with Gasteiger partial charge in [-0.15, -0.1) is 0 Å². The van der Waals surface area contributed by atoms with E-state index in [2.05, 4.69) is 44.4 Å². The lowest BCUT2D eigenvalue weighted by molar-refractivity contribution is 0.186. The van der Waals surface area contributed by atoms with Crippen molar-refractivity contribution in [3.05, 3.63) is 84.7 Å². The highest BCUT2D eigenvalue weighted by Gasteiger charge is 2.23. The number of carbonyl (C=O) groups excluding carboxylic acids is 1. The molecule has 0 atom stereocenters. The molecule has 2 N–H and O–H groups in total. The topological polar surface area (TPSA) is 71.4 Å². The van der Waals surface area contributed by atoms with Crippen molar-refractivity contribution in [2.75, 3.05) is 25.5 Å². The Hall–Kier alpha value is -3.84. The number of imidazole rings is 1. The number of amides is 2. The first-order valence-electron chi connectivity index (χ1n) is 11.7. The predicted octanol–water partition coefficient (Wildman–Crippen LogP) is 4.82. The Morgan fingerprint density at radius 3 is 2.41 bits per heavy atom. The standard InChI is InChI=1S/C27H29N5O2/c1-34-23-13-11-22(12-14-23)32-25-10-6-5-9-24(25)30-26(32)19-31-17-15-21(16-18-31)29-27(33)28-20-7-3-2-4-8-20/h2-14,21H,15-19H2,1H3,(H2,28,29,33). The van der Waals surface area contributed by atoms with Crippen molar-refractivity contribution in [1.82, 2.24) is 19.8 Å². The average molecular weight is 456 g/mol. The van der Waals surface area contributed by atoms with Crippen LogP contribution in [0.2, 0.25) is 0 Å². The van der Waals surface area contributed by atoms with Crippen LogP contribution in [-0.4, -0.2) is 46.7 Å². The van der Waals surface area contributed by atoms with E-state index in [0.717, 1.165) is 66.5 Å².